The van der Waals surface area contributed by atoms with Crippen molar-refractivity contribution in [3.05, 3.63) is 17.9 Å². The van der Waals surface area contributed by atoms with E-state index in [4.69, 9.17) is 14.3 Å². The molecule has 6 nitrogen and oxygen atoms in total. The van der Waals surface area contributed by atoms with E-state index in [1.165, 1.54) is 6.08 Å². The molecule has 1 heterocycles. The van der Waals surface area contributed by atoms with Gasteiger partial charge in [0, 0.05) is 25.2 Å². The van der Waals surface area contributed by atoms with Crippen molar-refractivity contribution in [2.75, 3.05) is 13.2 Å². The summed E-state index contributed by atoms with van der Waals surface area (Å²) in [7, 11) is 0. The van der Waals surface area contributed by atoms with E-state index in [1.807, 2.05) is 6.92 Å². The number of carbonyl (C=O) groups is 1. The van der Waals surface area contributed by atoms with Crippen LogP contribution in [0, 0.1) is 0 Å². The van der Waals surface area contributed by atoms with E-state index in [1.54, 1.807) is 0 Å². The number of hydrogen-bond donors (Lipinski definition) is 1. The number of ether oxygens (including phenoxy) is 1. The van der Waals surface area contributed by atoms with Crippen LogP contribution >= 0.6 is 0 Å². The lowest BCUT2D eigenvalue weighted by Gasteiger charge is -1.94. The highest BCUT2D eigenvalue weighted by Gasteiger charge is 2.03. The summed E-state index contributed by atoms with van der Waals surface area (Å²) in [5.41, 5.74) is 0. The average Bonchev–Trinajstić information content (AvgIpc) is 2.63. The van der Waals surface area contributed by atoms with Gasteiger partial charge in [-0.1, -0.05) is 0 Å². The molecule has 1 aromatic heterocycles. The highest BCUT2D eigenvalue weighted by atomic mass is 16.5. The van der Waals surface area contributed by atoms with Crippen LogP contribution in [0.2, 0.25) is 0 Å². The summed E-state index contributed by atoms with van der Waals surface area (Å²) < 4.78 is 10.2. The quantitative estimate of drug-likeness (QED) is 0.553. The van der Waals surface area contributed by atoms with E-state index in [-0.39, 0.29) is 5.89 Å². The van der Waals surface area contributed by atoms with Crippen LogP contribution in [0.4, 0.5) is 0 Å². The minimum Gasteiger partial charge on any atom is -0.478 e. The lowest BCUT2D eigenvalue weighted by molar-refractivity contribution is -0.131. The molecule has 15 heavy (non-hydrogen) atoms. The van der Waals surface area contributed by atoms with Crippen LogP contribution in [0.5, 0.6) is 0 Å². The van der Waals surface area contributed by atoms with E-state index in [9.17, 15) is 4.79 Å². The first kappa shape index (κ1) is 11.4. The van der Waals surface area contributed by atoms with Crippen molar-refractivity contribution >= 4 is 12.0 Å². The van der Waals surface area contributed by atoms with E-state index >= 15 is 0 Å². The van der Waals surface area contributed by atoms with Gasteiger partial charge >= 0.3 is 5.97 Å². The van der Waals surface area contributed by atoms with Crippen molar-refractivity contribution < 1.29 is 19.1 Å². The van der Waals surface area contributed by atoms with Crippen LogP contribution in [-0.4, -0.2) is 34.5 Å². The molecular formula is C9H12N2O4. The standard InChI is InChI=1S/C9H12N2O4/c1-2-14-6-5-8-11-10-7(15-8)3-4-9(12)13/h3-4H,2,5-6H2,1H3,(H,12,13)/b4-3+. The van der Waals surface area contributed by atoms with Gasteiger partial charge in [0.1, 0.15) is 0 Å². The summed E-state index contributed by atoms with van der Waals surface area (Å²) in [4.78, 5) is 10.2. The fraction of sp³-hybridized carbons (Fsp3) is 0.444. The minimum absolute atomic E-state index is 0.184. The molecule has 0 radical (unpaired) electrons. The maximum absolute atomic E-state index is 10.2. The van der Waals surface area contributed by atoms with Gasteiger partial charge in [0.2, 0.25) is 11.8 Å². The third kappa shape index (κ3) is 4.37. The molecule has 0 bridgehead atoms. The van der Waals surface area contributed by atoms with Crippen molar-refractivity contribution in [3.63, 3.8) is 0 Å². The van der Waals surface area contributed by atoms with Crippen LogP contribution in [0.25, 0.3) is 6.08 Å². The zero-order valence-corrected chi connectivity index (χ0v) is 8.34. The summed E-state index contributed by atoms with van der Waals surface area (Å²) in [5.74, 6) is -0.429. The second kappa shape index (κ2) is 5.92. The Morgan fingerprint density at radius 1 is 1.60 bits per heavy atom. The van der Waals surface area contributed by atoms with Crippen LogP contribution in [0.15, 0.2) is 10.5 Å². The van der Waals surface area contributed by atoms with Crippen LogP contribution in [0.1, 0.15) is 18.7 Å². The summed E-state index contributed by atoms with van der Waals surface area (Å²) in [6, 6.07) is 0. The van der Waals surface area contributed by atoms with Crippen molar-refractivity contribution in [3.8, 4) is 0 Å². The molecule has 0 aromatic carbocycles. The largest absolute Gasteiger partial charge is 0.478 e. The van der Waals surface area contributed by atoms with Gasteiger partial charge in [0.15, 0.2) is 0 Å². The van der Waals surface area contributed by atoms with Gasteiger partial charge in [0.25, 0.3) is 0 Å². The van der Waals surface area contributed by atoms with Crippen molar-refractivity contribution in [2.24, 2.45) is 0 Å². The van der Waals surface area contributed by atoms with E-state index in [0.717, 1.165) is 6.08 Å². The predicted octanol–water partition coefficient (Wildman–Crippen LogP) is 0.746. The minimum atomic E-state index is -1.05. The Morgan fingerprint density at radius 3 is 3.07 bits per heavy atom. The van der Waals surface area contributed by atoms with Gasteiger partial charge in [0.05, 0.1) is 6.61 Å². The zero-order chi connectivity index (χ0) is 11.1. The van der Waals surface area contributed by atoms with Crippen LogP contribution in [0.3, 0.4) is 0 Å². The smallest absolute Gasteiger partial charge is 0.328 e. The molecule has 0 spiro atoms. The first-order valence-electron chi connectivity index (χ1n) is 4.53. The van der Waals surface area contributed by atoms with Gasteiger partial charge < -0.3 is 14.3 Å². The van der Waals surface area contributed by atoms with E-state index in [2.05, 4.69) is 10.2 Å². The third-order valence-corrected chi connectivity index (χ3v) is 1.52. The highest BCUT2D eigenvalue weighted by molar-refractivity contribution is 5.84. The molecule has 0 amide bonds. The Balaban J connectivity index is 2.45. The molecule has 0 saturated carbocycles. The molecule has 0 aliphatic rings. The highest BCUT2D eigenvalue weighted by Crippen LogP contribution is 2.02. The molecule has 0 unspecified atom stereocenters. The number of carboxylic acid groups (broad SMARTS) is 1. The zero-order valence-electron chi connectivity index (χ0n) is 8.34. The molecule has 1 N–H and O–H groups in total. The number of aliphatic carboxylic acids is 1. The van der Waals surface area contributed by atoms with Gasteiger partial charge in [-0.2, -0.15) is 0 Å². The number of hydrogen-bond acceptors (Lipinski definition) is 5. The molecule has 82 valence electrons. The second-order valence-corrected chi connectivity index (χ2v) is 2.65. The lowest BCUT2D eigenvalue weighted by atomic mass is 10.4. The Kier molecular flexibility index (Phi) is 4.49. The maximum atomic E-state index is 10.2. The van der Waals surface area contributed by atoms with Crippen molar-refractivity contribution in [1.82, 2.24) is 10.2 Å². The lowest BCUT2D eigenvalue weighted by Crippen LogP contribution is -1.97. The Bertz CT molecular complexity index is 346. The van der Waals surface area contributed by atoms with Crippen molar-refractivity contribution in [2.45, 2.75) is 13.3 Å². The van der Waals surface area contributed by atoms with Gasteiger partial charge in [-0.15, -0.1) is 10.2 Å². The van der Waals surface area contributed by atoms with Gasteiger partial charge in [-0.05, 0) is 6.92 Å². The van der Waals surface area contributed by atoms with E-state index in [0.29, 0.717) is 25.5 Å². The Hall–Kier alpha value is -1.69. The number of nitrogens with zero attached hydrogens (tertiary/aromatic N) is 2. The maximum Gasteiger partial charge on any atom is 0.328 e. The molecular weight excluding hydrogens is 200 g/mol. The van der Waals surface area contributed by atoms with Crippen LogP contribution < -0.4 is 0 Å². The van der Waals surface area contributed by atoms with Gasteiger partial charge in [-0.25, -0.2) is 4.79 Å². The molecule has 0 aliphatic heterocycles. The molecule has 0 atom stereocenters. The SMILES string of the molecule is CCOCCc1nnc(/C=C/C(=O)O)o1. The molecule has 0 saturated heterocycles. The third-order valence-electron chi connectivity index (χ3n) is 1.52. The first-order valence-corrected chi connectivity index (χ1v) is 4.53. The molecule has 0 aliphatic carbocycles. The number of rotatable bonds is 6. The topological polar surface area (TPSA) is 85.5 Å². The summed E-state index contributed by atoms with van der Waals surface area (Å²) in [5, 5.41) is 15.7. The predicted molar refractivity (Wildman–Crippen MR) is 51.2 cm³/mol. The number of carboxylic acids is 1. The first-order chi connectivity index (χ1) is 7.22. The Morgan fingerprint density at radius 2 is 2.40 bits per heavy atom. The molecule has 6 heteroatoms. The summed E-state index contributed by atoms with van der Waals surface area (Å²) in [6.45, 7) is 3.05. The number of aromatic nitrogens is 2. The summed E-state index contributed by atoms with van der Waals surface area (Å²) in [6.07, 6.45) is 2.72. The van der Waals surface area contributed by atoms with Gasteiger partial charge in [-0.3, -0.25) is 0 Å². The molecule has 1 aromatic rings. The fourth-order valence-corrected chi connectivity index (χ4v) is 0.881. The second-order valence-electron chi connectivity index (χ2n) is 2.65. The summed E-state index contributed by atoms with van der Waals surface area (Å²) >= 11 is 0. The average molecular weight is 212 g/mol. The fourth-order valence-electron chi connectivity index (χ4n) is 0.881. The molecule has 0 fully saturated rings. The normalized spacial score (nSPS) is 11.0. The van der Waals surface area contributed by atoms with E-state index < -0.39 is 5.97 Å². The Labute approximate surface area is 86.6 Å². The molecule has 1 rings (SSSR count). The monoisotopic (exact) mass is 212 g/mol. The van der Waals surface area contributed by atoms with Crippen molar-refractivity contribution in [1.29, 1.82) is 0 Å². The van der Waals surface area contributed by atoms with Crippen LogP contribution in [-0.2, 0) is 16.0 Å².